The standard InChI is InChI=1S/C7H17NO2PS/c1-6(2)4-7-5-10-11(12,8-7)9-3/h6-8,12H,4-5H2,1-3H3/t7-/m1/s1. The van der Waals surface area contributed by atoms with Crippen molar-refractivity contribution in [1.82, 2.24) is 5.09 Å². The van der Waals surface area contributed by atoms with Crippen LogP contribution in [-0.2, 0) is 9.05 Å². The van der Waals surface area contributed by atoms with Gasteiger partial charge in [-0.25, -0.2) is 5.09 Å². The highest BCUT2D eigenvalue weighted by molar-refractivity contribution is 8.48. The molecule has 1 saturated heterocycles. The van der Waals surface area contributed by atoms with Gasteiger partial charge >= 0.3 is 0 Å². The minimum Gasteiger partial charge on any atom is -0.325 e. The molecule has 1 unspecified atom stereocenters. The topological polar surface area (TPSA) is 30.5 Å². The lowest BCUT2D eigenvalue weighted by atomic mass is 10.1. The summed E-state index contributed by atoms with van der Waals surface area (Å²) in [6.07, 6.45) is 1.12. The van der Waals surface area contributed by atoms with Crippen LogP contribution in [0.5, 0.6) is 0 Å². The van der Waals surface area contributed by atoms with E-state index in [1.165, 1.54) is 0 Å². The molecule has 1 heterocycles. The molecule has 1 aliphatic rings. The Morgan fingerprint density at radius 3 is 2.83 bits per heavy atom. The number of hydrogen-bond acceptors (Lipinski definition) is 4. The Balaban J connectivity index is 2.35. The van der Waals surface area contributed by atoms with Crippen molar-refractivity contribution in [2.24, 2.45) is 5.92 Å². The summed E-state index contributed by atoms with van der Waals surface area (Å²) in [6, 6.07) is 0.413. The lowest BCUT2D eigenvalue weighted by Gasteiger charge is -2.22. The van der Waals surface area contributed by atoms with E-state index >= 15 is 0 Å². The van der Waals surface area contributed by atoms with E-state index < -0.39 is 7.07 Å². The fraction of sp³-hybridized carbons (Fsp3) is 1.00. The summed E-state index contributed by atoms with van der Waals surface area (Å²) < 4.78 is 10.6. The molecule has 0 aromatic carbocycles. The molecule has 0 amide bonds. The van der Waals surface area contributed by atoms with Gasteiger partial charge in [0.25, 0.3) is 0 Å². The Kier molecular flexibility index (Phi) is 3.80. The largest absolute Gasteiger partial charge is 0.325 e. The quantitative estimate of drug-likeness (QED) is 0.553. The van der Waals surface area contributed by atoms with Gasteiger partial charge in [0.15, 0.2) is 0 Å². The molecule has 0 bridgehead atoms. The fourth-order valence-corrected chi connectivity index (χ4v) is 3.29. The average molecular weight is 210 g/mol. The minimum absolute atomic E-state index is 0.413. The molecule has 73 valence electrons. The molecule has 12 heavy (non-hydrogen) atoms. The minimum atomic E-state index is -1.97. The van der Waals surface area contributed by atoms with E-state index in [2.05, 4.69) is 31.2 Å². The number of thiol groups is 1. The molecule has 0 aliphatic carbocycles. The molecule has 1 N–H and O–H groups in total. The molecule has 1 aliphatic heterocycles. The zero-order valence-electron chi connectivity index (χ0n) is 7.78. The predicted molar refractivity (Wildman–Crippen MR) is 55.2 cm³/mol. The average Bonchev–Trinajstić information content (AvgIpc) is 2.32. The van der Waals surface area contributed by atoms with Gasteiger partial charge in [-0.1, -0.05) is 26.1 Å². The second kappa shape index (κ2) is 4.25. The maximum absolute atomic E-state index is 5.45. The molecule has 5 heteroatoms. The van der Waals surface area contributed by atoms with Crippen LogP contribution < -0.4 is 5.09 Å². The van der Waals surface area contributed by atoms with Crippen LogP contribution in [0.3, 0.4) is 0 Å². The maximum atomic E-state index is 5.45. The lowest BCUT2D eigenvalue weighted by Crippen LogP contribution is -2.24. The van der Waals surface area contributed by atoms with Gasteiger partial charge in [0.05, 0.1) is 6.61 Å². The highest BCUT2D eigenvalue weighted by Crippen LogP contribution is 2.64. The van der Waals surface area contributed by atoms with Gasteiger partial charge in [-0.2, -0.15) is 0 Å². The molecule has 1 fully saturated rings. The SMILES string of the molecule is CO[P]1(S)N[C@H](CC(C)C)CO1. The number of nitrogens with one attached hydrogen (secondary N) is 1. The van der Waals surface area contributed by atoms with E-state index in [1.807, 2.05) is 0 Å². The number of hydrogen-bond donors (Lipinski definition) is 2. The molecule has 0 aromatic rings. The molecule has 0 aromatic heterocycles. The van der Waals surface area contributed by atoms with Crippen LogP contribution in [0.15, 0.2) is 0 Å². The fourth-order valence-electron chi connectivity index (χ4n) is 1.29. The van der Waals surface area contributed by atoms with Crippen molar-refractivity contribution in [2.45, 2.75) is 26.3 Å². The highest BCUT2D eigenvalue weighted by atomic mass is 32.7. The van der Waals surface area contributed by atoms with E-state index in [0.717, 1.165) is 13.0 Å². The van der Waals surface area contributed by atoms with Crippen LogP contribution >= 0.6 is 19.3 Å². The molecule has 3 nitrogen and oxygen atoms in total. The third kappa shape index (κ3) is 2.86. The van der Waals surface area contributed by atoms with Crippen molar-refractivity contribution in [3.63, 3.8) is 0 Å². The van der Waals surface area contributed by atoms with Gasteiger partial charge in [-0.05, 0) is 12.3 Å². The first-order valence-corrected chi connectivity index (χ1v) is 6.93. The Morgan fingerprint density at radius 1 is 1.75 bits per heavy atom. The van der Waals surface area contributed by atoms with Crippen molar-refractivity contribution in [3.05, 3.63) is 0 Å². The molecular formula is C7H17NO2PS. The molecular weight excluding hydrogens is 193 g/mol. The zero-order chi connectivity index (χ0) is 9.19. The van der Waals surface area contributed by atoms with Crippen LogP contribution in [0, 0.1) is 5.92 Å². The third-order valence-electron chi connectivity index (χ3n) is 1.80. The van der Waals surface area contributed by atoms with E-state index in [9.17, 15) is 0 Å². The summed E-state index contributed by atoms with van der Waals surface area (Å²) in [4.78, 5) is 0. The van der Waals surface area contributed by atoms with Gasteiger partial charge in [0.2, 0.25) is 7.07 Å². The summed E-state index contributed by atoms with van der Waals surface area (Å²) in [7, 11) is -0.338. The summed E-state index contributed by atoms with van der Waals surface area (Å²) in [5.74, 6) is 0.683. The Bertz CT molecular complexity index is 158. The Hall–Kier alpha value is 0.660. The highest BCUT2D eigenvalue weighted by Gasteiger charge is 2.35. The van der Waals surface area contributed by atoms with Gasteiger partial charge < -0.3 is 9.05 Å². The Morgan fingerprint density at radius 2 is 2.42 bits per heavy atom. The summed E-state index contributed by atoms with van der Waals surface area (Å²) in [6.45, 7) is 5.13. The molecule has 2 atom stereocenters. The van der Waals surface area contributed by atoms with E-state index in [0.29, 0.717) is 12.0 Å². The molecule has 1 radical (unpaired) electrons. The lowest BCUT2D eigenvalue weighted by molar-refractivity contribution is 0.294. The van der Waals surface area contributed by atoms with Gasteiger partial charge in [0, 0.05) is 13.2 Å². The number of rotatable bonds is 3. The van der Waals surface area contributed by atoms with E-state index in [4.69, 9.17) is 9.05 Å². The maximum Gasteiger partial charge on any atom is 0.226 e. The predicted octanol–water partition coefficient (Wildman–Crippen LogP) is 2.27. The van der Waals surface area contributed by atoms with Crippen molar-refractivity contribution < 1.29 is 9.05 Å². The van der Waals surface area contributed by atoms with E-state index in [1.54, 1.807) is 7.11 Å². The molecule has 0 spiro atoms. The van der Waals surface area contributed by atoms with Gasteiger partial charge in [-0.3, -0.25) is 0 Å². The first-order valence-electron chi connectivity index (χ1n) is 4.15. The van der Waals surface area contributed by atoms with Gasteiger partial charge in [-0.15, -0.1) is 0 Å². The second-order valence-electron chi connectivity index (χ2n) is 3.45. The molecule has 0 saturated carbocycles. The summed E-state index contributed by atoms with van der Waals surface area (Å²) >= 11 is 4.32. The van der Waals surface area contributed by atoms with Crippen LogP contribution in [0.25, 0.3) is 0 Å². The Labute approximate surface area is 79.9 Å². The van der Waals surface area contributed by atoms with Crippen molar-refractivity contribution >= 4 is 19.3 Å². The second-order valence-corrected chi connectivity index (χ2v) is 6.96. The van der Waals surface area contributed by atoms with Crippen molar-refractivity contribution in [3.8, 4) is 0 Å². The normalized spacial score (nSPS) is 36.2. The van der Waals surface area contributed by atoms with E-state index in [-0.39, 0.29) is 0 Å². The summed E-state index contributed by atoms with van der Waals surface area (Å²) in [5, 5.41) is 3.28. The van der Waals surface area contributed by atoms with Crippen molar-refractivity contribution in [1.29, 1.82) is 0 Å². The van der Waals surface area contributed by atoms with Gasteiger partial charge in [0.1, 0.15) is 0 Å². The van der Waals surface area contributed by atoms with Crippen LogP contribution in [0.4, 0.5) is 0 Å². The molecule has 1 rings (SSSR count). The third-order valence-corrected chi connectivity index (χ3v) is 4.67. The van der Waals surface area contributed by atoms with Crippen LogP contribution in [0.2, 0.25) is 0 Å². The van der Waals surface area contributed by atoms with Crippen LogP contribution in [0.1, 0.15) is 20.3 Å². The first kappa shape index (κ1) is 10.7. The smallest absolute Gasteiger partial charge is 0.226 e. The summed E-state index contributed by atoms with van der Waals surface area (Å²) in [5.41, 5.74) is 0. The van der Waals surface area contributed by atoms with Crippen molar-refractivity contribution in [2.75, 3.05) is 13.7 Å². The monoisotopic (exact) mass is 210 g/mol. The first-order chi connectivity index (χ1) is 5.56. The zero-order valence-corrected chi connectivity index (χ0v) is 9.57. The van der Waals surface area contributed by atoms with Crippen LogP contribution in [-0.4, -0.2) is 19.8 Å².